The summed E-state index contributed by atoms with van der Waals surface area (Å²) in [6.07, 6.45) is -3.37. The van der Waals surface area contributed by atoms with Crippen molar-refractivity contribution in [1.29, 1.82) is 0 Å². The van der Waals surface area contributed by atoms with Gasteiger partial charge in [-0.15, -0.1) is 22.7 Å². The van der Waals surface area contributed by atoms with Crippen LogP contribution in [0.25, 0.3) is 11.3 Å². The minimum atomic E-state index is -4.40. The number of carbonyl (C=O) groups is 1. The molecule has 0 radical (unpaired) electrons. The van der Waals surface area contributed by atoms with Crippen LogP contribution in [-0.2, 0) is 27.5 Å². The summed E-state index contributed by atoms with van der Waals surface area (Å²) in [5.41, 5.74) is 0.315. The molecule has 3 heterocycles. The SMILES string of the molecule is Cc1ccc(S(=O)(=O)N2CCC[C@H]2C(=O)NCc2nc(-c3ccc(C(F)(F)F)cc3)cs2)s1. The van der Waals surface area contributed by atoms with Gasteiger partial charge in [0.2, 0.25) is 5.91 Å². The molecule has 1 aliphatic heterocycles. The predicted molar refractivity (Wildman–Crippen MR) is 120 cm³/mol. The second-order valence-corrected chi connectivity index (χ2v) is 11.9. The van der Waals surface area contributed by atoms with Crippen LogP contribution in [0, 0.1) is 6.92 Å². The Balaban J connectivity index is 1.40. The number of thiophene rings is 1. The van der Waals surface area contributed by atoms with Crippen molar-refractivity contribution < 1.29 is 26.4 Å². The smallest absolute Gasteiger partial charge is 0.348 e. The van der Waals surface area contributed by atoms with Crippen LogP contribution in [0.4, 0.5) is 13.2 Å². The van der Waals surface area contributed by atoms with E-state index in [-0.39, 0.29) is 17.3 Å². The summed E-state index contributed by atoms with van der Waals surface area (Å²) in [5, 5.41) is 5.02. The van der Waals surface area contributed by atoms with E-state index in [1.807, 2.05) is 6.92 Å². The summed E-state index contributed by atoms with van der Waals surface area (Å²) < 4.78 is 65.6. The highest BCUT2D eigenvalue weighted by molar-refractivity contribution is 7.91. The van der Waals surface area contributed by atoms with Crippen LogP contribution in [-0.4, -0.2) is 36.2 Å². The van der Waals surface area contributed by atoms with Gasteiger partial charge in [-0.1, -0.05) is 12.1 Å². The minimum Gasteiger partial charge on any atom is -0.348 e. The molecule has 1 aliphatic rings. The zero-order valence-electron chi connectivity index (χ0n) is 17.4. The molecule has 0 aliphatic carbocycles. The molecule has 1 aromatic carbocycles. The third kappa shape index (κ3) is 5.13. The van der Waals surface area contributed by atoms with Gasteiger partial charge in [0, 0.05) is 22.4 Å². The molecule has 12 heteroatoms. The Morgan fingerprint density at radius 1 is 1.21 bits per heavy atom. The molecule has 0 bridgehead atoms. The number of carbonyl (C=O) groups excluding carboxylic acids is 1. The Labute approximate surface area is 197 Å². The number of hydrogen-bond acceptors (Lipinski definition) is 6. The van der Waals surface area contributed by atoms with Gasteiger partial charge in [-0.05, 0) is 44.0 Å². The average Bonchev–Trinajstić information content (AvgIpc) is 3.52. The Bertz CT molecular complexity index is 1250. The van der Waals surface area contributed by atoms with Crippen LogP contribution in [0.1, 0.15) is 28.3 Å². The van der Waals surface area contributed by atoms with Gasteiger partial charge in [0.05, 0.1) is 17.8 Å². The van der Waals surface area contributed by atoms with Gasteiger partial charge in [0.25, 0.3) is 10.0 Å². The molecule has 0 spiro atoms. The summed E-state index contributed by atoms with van der Waals surface area (Å²) in [6.45, 7) is 2.21. The predicted octanol–water partition coefficient (Wildman–Crippen LogP) is 4.67. The van der Waals surface area contributed by atoms with E-state index in [2.05, 4.69) is 10.3 Å². The summed E-state index contributed by atoms with van der Waals surface area (Å²) in [5.74, 6) is -0.393. The topological polar surface area (TPSA) is 79.4 Å². The van der Waals surface area contributed by atoms with E-state index < -0.39 is 33.7 Å². The molecular weight excluding hydrogens is 495 g/mol. The standard InChI is InChI=1S/C21H20F3N3O3S3/c1-13-4-9-19(32-13)33(29,30)27-10-2-3-17(27)20(28)25-11-18-26-16(12-31-18)14-5-7-15(8-6-14)21(22,23)24/h4-9,12,17H,2-3,10-11H2,1H3,(H,25,28)/t17-/m0/s1. The molecule has 3 aromatic rings. The molecule has 1 atom stereocenters. The quantitative estimate of drug-likeness (QED) is 0.518. The highest BCUT2D eigenvalue weighted by Gasteiger charge is 2.40. The molecule has 4 rings (SSSR count). The zero-order valence-corrected chi connectivity index (χ0v) is 19.9. The van der Waals surface area contributed by atoms with Gasteiger partial charge in [-0.3, -0.25) is 4.79 Å². The molecule has 0 saturated carbocycles. The summed E-state index contributed by atoms with van der Waals surface area (Å²) in [6, 6.07) is 7.22. The van der Waals surface area contributed by atoms with E-state index in [0.717, 1.165) is 17.0 Å². The Hall–Kier alpha value is -2.28. The van der Waals surface area contributed by atoms with Gasteiger partial charge in [-0.2, -0.15) is 17.5 Å². The van der Waals surface area contributed by atoms with Gasteiger partial charge in [-0.25, -0.2) is 13.4 Å². The third-order valence-electron chi connectivity index (χ3n) is 5.26. The first kappa shape index (κ1) is 23.9. The van der Waals surface area contributed by atoms with Crippen molar-refractivity contribution in [2.75, 3.05) is 6.54 Å². The third-order valence-corrected chi connectivity index (χ3v) is 9.48. The highest BCUT2D eigenvalue weighted by atomic mass is 32.2. The van der Waals surface area contributed by atoms with E-state index in [9.17, 15) is 26.4 Å². The van der Waals surface area contributed by atoms with Crippen LogP contribution < -0.4 is 5.32 Å². The lowest BCUT2D eigenvalue weighted by molar-refractivity contribution is -0.137. The largest absolute Gasteiger partial charge is 0.416 e. The monoisotopic (exact) mass is 515 g/mol. The number of aryl methyl sites for hydroxylation is 1. The first-order chi connectivity index (χ1) is 15.6. The normalized spacial score (nSPS) is 17.4. The second kappa shape index (κ2) is 9.16. The number of benzene rings is 1. The molecule has 2 aromatic heterocycles. The molecule has 1 amide bonds. The lowest BCUT2D eigenvalue weighted by Gasteiger charge is -2.22. The number of amides is 1. The number of rotatable bonds is 6. The zero-order chi connectivity index (χ0) is 23.8. The van der Waals surface area contributed by atoms with Crippen molar-refractivity contribution >= 4 is 38.6 Å². The van der Waals surface area contributed by atoms with Crippen molar-refractivity contribution in [3.63, 3.8) is 0 Å². The number of alkyl halides is 3. The van der Waals surface area contributed by atoms with E-state index in [1.165, 1.54) is 39.1 Å². The molecule has 1 saturated heterocycles. The Morgan fingerprint density at radius 3 is 2.58 bits per heavy atom. The Morgan fingerprint density at radius 2 is 1.94 bits per heavy atom. The number of hydrogen-bond donors (Lipinski definition) is 1. The van der Waals surface area contributed by atoms with Crippen molar-refractivity contribution in [3.8, 4) is 11.3 Å². The van der Waals surface area contributed by atoms with Crippen molar-refractivity contribution in [3.05, 3.63) is 57.2 Å². The van der Waals surface area contributed by atoms with Crippen LogP contribution >= 0.6 is 22.7 Å². The second-order valence-electron chi connectivity index (χ2n) is 7.56. The average molecular weight is 516 g/mol. The Kier molecular flexibility index (Phi) is 6.63. The van der Waals surface area contributed by atoms with E-state index >= 15 is 0 Å². The van der Waals surface area contributed by atoms with Gasteiger partial charge < -0.3 is 5.32 Å². The fourth-order valence-electron chi connectivity index (χ4n) is 3.59. The van der Waals surface area contributed by atoms with Crippen LogP contribution in [0.5, 0.6) is 0 Å². The van der Waals surface area contributed by atoms with Crippen LogP contribution in [0.3, 0.4) is 0 Å². The van der Waals surface area contributed by atoms with Gasteiger partial charge >= 0.3 is 6.18 Å². The number of thiazole rings is 1. The van der Waals surface area contributed by atoms with Crippen molar-refractivity contribution in [1.82, 2.24) is 14.6 Å². The number of aromatic nitrogens is 1. The fraction of sp³-hybridized carbons (Fsp3) is 0.333. The van der Waals surface area contributed by atoms with Crippen molar-refractivity contribution in [2.45, 2.75) is 42.7 Å². The first-order valence-corrected chi connectivity index (χ1v) is 13.2. The number of nitrogens with one attached hydrogen (secondary N) is 1. The summed E-state index contributed by atoms with van der Waals surface area (Å²) in [4.78, 5) is 18.0. The van der Waals surface area contributed by atoms with E-state index in [1.54, 1.807) is 17.5 Å². The maximum atomic E-state index is 13.0. The molecule has 1 N–H and O–H groups in total. The number of sulfonamides is 1. The lowest BCUT2D eigenvalue weighted by Crippen LogP contribution is -2.45. The lowest BCUT2D eigenvalue weighted by atomic mass is 10.1. The first-order valence-electron chi connectivity index (χ1n) is 10.0. The molecule has 6 nitrogen and oxygen atoms in total. The van der Waals surface area contributed by atoms with Gasteiger partial charge in [0.1, 0.15) is 15.3 Å². The summed E-state index contributed by atoms with van der Waals surface area (Å²) in [7, 11) is -3.74. The summed E-state index contributed by atoms with van der Waals surface area (Å²) >= 11 is 2.44. The minimum absolute atomic E-state index is 0.104. The molecular formula is C21H20F3N3O3S3. The fourth-order valence-corrected chi connectivity index (χ4v) is 7.40. The van der Waals surface area contributed by atoms with Gasteiger partial charge in [0.15, 0.2) is 0 Å². The van der Waals surface area contributed by atoms with E-state index in [0.29, 0.717) is 29.1 Å². The highest BCUT2D eigenvalue weighted by Crippen LogP contribution is 2.32. The van der Waals surface area contributed by atoms with Crippen molar-refractivity contribution in [2.24, 2.45) is 0 Å². The molecule has 33 heavy (non-hydrogen) atoms. The van der Waals surface area contributed by atoms with E-state index in [4.69, 9.17) is 0 Å². The molecule has 1 fully saturated rings. The molecule has 176 valence electrons. The van der Waals surface area contributed by atoms with Crippen LogP contribution in [0.15, 0.2) is 46.0 Å². The number of nitrogens with zero attached hydrogens (tertiary/aromatic N) is 2. The number of halogens is 3. The maximum Gasteiger partial charge on any atom is 0.416 e. The van der Waals surface area contributed by atoms with Crippen LogP contribution in [0.2, 0.25) is 0 Å². The molecule has 0 unspecified atom stereocenters. The maximum absolute atomic E-state index is 13.0.